The zero-order valence-corrected chi connectivity index (χ0v) is 13.1. The van der Waals surface area contributed by atoms with E-state index in [1.54, 1.807) is 0 Å². The third kappa shape index (κ3) is 1.93. The topological polar surface area (TPSA) is 30.7 Å². The molecule has 4 heteroatoms. The molecule has 100 valence electrons. The number of nitrogens with zero attached hydrogens (tertiary/aromatic N) is 3. The molecule has 0 amide bonds. The number of aromatic nitrogens is 3. The van der Waals surface area contributed by atoms with Gasteiger partial charge < -0.3 is 4.57 Å². The van der Waals surface area contributed by atoms with Crippen molar-refractivity contribution in [3.05, 3.63) is 11.6 Å². The van der Waals surface area contributed by atoms with Crippen molar-refractivity contribution in [3.8, 4) is 0 Å². The van der Waals surface area contributed by atoms with Gasteiger partial charge in [0.15, 0.2) is 0 Å². The lowest BCUT2D eigenvalue weighted by Crippen LogP contribution is -2.28. The summed E-state index contributed by atoms with van der Waals surface area (Å²) in [5, 5.41) is 9.72. The average molecular weight is 312 g/mol. The van der Waals surface area contributed by atoms with Crippen LogP contribution in [0.2, 0.25) is 0 Å². The Hall–Kier alpha value is -0.380. The van der Waals surface area contributed by atoms with Gasteiger partial charge in [-0.05, 0) is 51.9 Å². The number of halogens is 1. The van der Waals surface area contributed by atoms with Crippen molar-refractivity contribution in [2.45, 2.75) is 63.2 Å². The van der Waals surface area contributed by atoms with Gasteiger partial charge in [0.25, 0.3) is 0 Å². The minimum atomic E-state index is 0.0732. The second-order valence-electron chi connectivity index (χ2n) is 6.90. The van der Waals surface area contributed by atoms with Gasteiger partial charge in [0.1, 0.15) is 11.6 Å². The first-order chi connectivity index (χ1) is 8.50. The highest BCUT2D eigenvalue weighted by Crippen LogP contribution is 2.52. The van der Waals surface area contributed by atoms with Gasteiger partial charge in [-0.25, -0.2) is 0 Å². The lowest BCUT2D eigenvalue weighted by molar-refractivity contribution is 0.331. The van der Waals surface area contributed by atoms with Gasteiger partial charge in [-0.2, -0.15) is 0 Å². The van der Waals surface area contributed by atoms with Crippen LogP contribution in [-0.4, -0.2) is 14.8 Å². The molecule has 2 saturated carbocycles. The molecule has 1 aromatic heterocycles. The highest BCUT2D eigenvalue weighted by atomic mass is 79.9. The van der Waals surface area contributed by atoms with Crippen LogP contribution in [0, 0.1) is 11.8 Å². The Morgan fingerprint density at radius 3 is 2.50 bits per heavy atom. The highest BCUT2D eigenvalue weighted by molar-refractivity contribution is 9.08. The Morgan fingerprint density at radius 1 is 1.22 bits per heavy atom. The van der Waals surface area contributed by atoms with Crippen LogP contribution in [0.1, 0.15) is 64.0 Å². The van der Waals surface area contributed by atoms with E-state index in [-0.39, 0.29) is 5.54 Å². The van der Waals surface area contributed by atoms with Crippen LogP contribution in [0.4, 0.5) is 0 Å². The largest absolute Gasteiger partial charge is 0.309 e. The zero-order valence-electron chi connectivity index (χ0n) is 11.5. The number of rotatable bonds is 2. The standard InChI is InChI=1S/C14H22BrN3/c1-14(2,3)18-12(8-15)16-17-13(18)11-7-9-4-5-10(11)6-9/h9-11H,4-8H2,1-3H3. The highest BCUT2D eigenvalue weighted by Gasteiger charge is 2.43. The lowest BCUT2D eigenvalue weighted by Gasteiger charge is -2.29. The predicted octanol–water partition coefficient (Wildman–Crippen LogP) is 3.83. The van der Waals surface area contributed by atoms with E-state index >= 15 is 0 Å². The lowest BCUT2D eigenvalue weighted by atomic mass is 9.87. The van der Waals surface area contributed by atoms with E-state index < -0.39 is 0 Å². The van der Waals surface area contributed by atoms with Gasteiger partial charge >= 0.3 is 0 Å². The quantitative estimate of drug-likeness (QED) is 0.777. The first-order valence-corrected chi connectivity index (χ1v) is 8.13. The minimum absolute atomic E-state index is 0.0732. The molecule has 3 nitrogen and oxygen atoms in total. The first-order valence-electron chi connectivity index (χ1n) is 7.01. The van der Waals surface area contributed by atoms with Crippen LogP contribution in [0.3, 0.4) is 0 Å². The first kappa shape index (κ1) is 12.6. The maximum absolute atomic E-state index is 4.54. The molecule has 3 unspecified atom stereocenters. The molecular formula is C14H22BrN3. The molecule has 1 heterocycles. The summed E-state index contributed by atoms with van der Waals surface area (Å²) in [7, 11) is 0. The van der Waals surface area contributed by atoms with Crippen molar-refractivity contribution in [2.24, 2.45) is 11.8 Å². The third-order valence-electron chi connectivity index (χ3n) is 4.62. The molecule has 0 aliphatic heterocycles. The van der Waals surface area contributed by atoms with Crippen molar-refractivity contribution >= 4 is 15.9 Å². The minimum Gasteiger partial charge on any atom is -0.309 e. The summed E-state index contributed by atoms with van der Waals surface area (Å²) in [5.41, 5.74) is 0.0732. The van der Waals surface area contributed by atoms with Crippen LogP contribution >= 0.6 is 15.9 Å². The Balaban J connectivity index is 2.00. The van der Waals surface area contributed by atoms with Gasteiger partial charge in [0.2, 0.25) is 0 Å². The summed E-state index contributed by atoms with van der Waals surface area (Å²) < 4.78 is 2.37. The molecule has 0 saturated heterocycles. The molecule has 2 aliphatic rings. The van der Waals surface area contributed by atoms with Crippen molar-refractivity contribution in [3.63, 3.8) is 0 Å². The van der Waals surface area contributed by atoms with Crippen LogP contribution in [-0.2, 0) is 10.9 Å². The molecule has 1 aromatic rings. The Labute approximate surface area is 117 Å². The second kappa shape index (κ2) is 4.32. The number of fused-ring (bicyclic) bond motifs is 2. The summed E-state index contributed by atoms with van der Waals surface area (Å²) in [6.45, 7) is 6.75. The van der Waals surface area contributed by atoms with Crippen LogP contribution in [0.25, 0.3) is 0 Å². The van der Waals surface area contributed by atoms with E-state index in [0.717, 1.165) is 23.0 Å². The van der Waals surface area contributed by atoms with Gasteiger partial charge in [0, 0.05) is 11.5 Å². The zero-order chi connectivity index (χ0) is 12.9. The van der Waals surface area contributed by atoms with E-state index in [1.807, 2.05) is 0 Å². The fraction of sp³-hybridized carbons (Fsp3) is 0.857. The summed E-state index contributed by atoms with van der Waals surface area (Å²) in [4.78, 5) is 0. The van der Waals surface area contributed by atoms with E-state index in [0.29, 0.717) is 5.92 Å². The SMILES string of the molecule is CC(C)(C)n1c(CBr)nnc1C1CC2CCC1C2. The van der Waals surface area contributed by atoms with E-state index in [1.165, 1.54) is 31.5 Å². The van der Waals surface area contributed by atoms with E-state index in [9.17, 15) is 0 Å². The Kier molecular flexibility index (Phi) is 3.04. The van der Waals surface area contributed by atoms with Gasteiger partial charge in [-0.1, -0.05) is 22.4 Å². The van der Waals surface area contributed by atoms with Crippen molar-refractivity contribution in [1.82, 2.24) is 14.8 Å². The predicted molar refractivity (Wildman–Crippen MR) is 75.8 cm³/mol. The fourth-order valence-corrected chi connectivity index (χ4v) is 4.31. The summed E-state index contributed by atoms with van der Waals surface area (Å²) >= 11 is 3.54. The van der Waals surface area contributed by atoms with Crippen LogP contribution < -0.4 is 0 Å². The number of hydrogen-bond acceptors (Lipinski definition) is 2. The summed E-state index contributed by atoms with van der Waals surface area (Å²) in [6, 6.07) is 0. The monoisotopic (exact) mass is 311 g/mol. The smallest absolute Gasteiger partial charge is 0.144 e. The molecule has 0 radical (unpaired) electrons. The molecule has 2 aliphatic carbocycles. The second-order valence-corrected chi connectivity index (χ2v) is 7.46. The molecule has 2 bridgehead atoms. The van der Waals surface area contributed by atoms with E-state index in [2.05, 4.69) is 51.5 Å². The molecule has 2 fully saturated rings. The molecule has 0 N–H and O–H groups in total. The fourth-order valence-electron chi connectivity index (χ4n) is 3.95. The van der Waals surface area contributed by atoms with Crippen molar-refractivity contribution in [2.75, 3.05) is 0 Å². The summed E-state index contributed by atoms with van der Waals surface area (Å²) in [6.07, 6.45) is 5.60. The third-order valence-corrected chi connectivity index (χ3v) is 5.12. The van der Waals surface area contributed by atoms with Gasteiger partial charge in [0.05, 0.1) is 5.33 Å². The summed E-state index contributed by atoms with van der Waals surface area (Å²) in [5.74, 6) is 4.79. The van der Waals surface area contributed by atoms with Crippen molar-refractivity contribution < 1.29 is 0 Å². The number of hydrogen-bond donors (Lipinski definition) is 0. The van der Waals surface area contributed by atoms with Gasteiger partial charge in [-0.3, -0.25) is 0 Å². The molecule has 3 atom stereocenters. The molecule has 3 rings (SSSR count). The van der Waals surface area contributed by atoms with Crippen molar-refractivity contribution in [1.29, 1.82) is 0 Å². The maximum atomic E-state index is 4.54. The average Bonchev–Trinajstić information content (AvgIpc) is 3.01. The van der Waals surface area contributed by atoms with Gasteiger partial charge in [-0.15, -0.1) is 10.2 Å². The molecule has 0 aromatic carbocycles. The Bertz CT molecular complexity index is 446. The van der Waals surface area contributed by atoms with Crippen LogP contribution in [0.15, 0.2) is 0 Å². The Morgan fingerprint density at radius 2 is 2.00 bits per heavy atom. The normalized spacial score (nSPS) is 31.2. The van der Waals surface area contributed by atoms with Crippen LogP contribution in [0.5, 0.6) is 0 Å². The molecule has 18 heavy (non-hydrogen) atoms. The maximum Gasteiger partial charge on any atom is 0.144 e. The molecular weight excluding hydrogens is 290 g/mol. The molecule has 0 spiro atoms. The number of alkyl halides is 1. The van der Waals surface area contributed by atoms with E-state index in [4.69, 9.17) is 0 Å².